The number of aromatic nitrogens is 2. The van der Waals surface area contributed by atoms with Crippen molar-refractivity contribution in [2.45, 2.75) is 6.54 Å². The molecule has 0 fully saturated rings. The van der Waals surface area contributed by atoms with Crippen LogP contribution >= 0.6 is 15.9 Å². The molecule has 0 saturated carbocycles. The van der Waals surface area contributed by atoms with Gasteiger partial charge in [-0.25, -0.2) is 9.18 Å². The quantitative estimate of drug-likeness (QED) is 0.440. The Morgan fingerprint density at radius 3 is 2.84 bits per heavy atom. The summed E-state index contributed by atoms with van der Waals surface area (Å²) in [6, 6.07) is 9.25. The smallest absolute Gasteiger partial charge is 0.374 e. The fourth-order valence-electron chi connectivity index (χ4n) is 2.08. The Labute approximate surface area is 151 Å². The molecule has 8 heteroatoms. The van der Waals surface area contributed by atoms with E-state index in [2.05, 4.69) is 21.0 Å². The van der Waals surface area contributed by atoms with Crippen molar-refractivity contribution in [2.75, 3.05) is 13.2 Å². The molecule has 0 bridgehead atoms. The van der Waals surface area contributed by atoms with Gasteiger partial charge in [0, 0.05) is 6.20 Å². The van der Waals surface area contributed by atoms with E-state index in [0.717, 1.165) is 4.47 Å². The summed E-state index contributed by atoms with van der Waals surface area (Å²) in [5.41, 5.74) is 0. The summed E-state index contributed by atoms with van der Waals surface area (Å²) in [6.45, 7) is 0.423. The van der Waals surface area contributed by atoms with Gasteiger partial charge in [0.25, 0.3) is 0 Å². The summed E-state index contributed by atoms with van der Waals surface area (Å²) >= 11 is 3.31. The fourth-order valence-corrected chi connectivity index (χ4v) is 2.40. The first kappa shape index (κ1) is 17.2. The van der Waals surface area contributed by atoms with Gasteiger partial charge in [-0.3, -0.25) is 4.68 Å². The highest BCUT2D eigenvalue weighted by Crippen LogP contribution is 2.15. The van der Waals surface area contributed by atoms with Gasteiger partial charge in [0.05, 0.1) is 17.2 Å². The summed E-state index contributed by atoms with van der Waals surface area (Å²) in [4.78, 5) is 11.9. The predicted octanol–water partition coefficient (Wildman–Crippen LogP) is 3.66. The van der Waals surface area contributed by atoms with E-state index >= 15 is 0 Å². The molecule has 25 heavy (non-hydrogen) atoms. The van der Waals surface area contributed by atoms with Crippen molar-refractivity contribution >= 4 is 21.9 Å². The number of carbonyl (C=O) groups excluding carboxylic acids is 1. The van der Waals surface area contributed by atoms with Crippen LogP contribution in [0.5, 0.6) is 5.75 Å². The van der Waals surface area contributed by atoms with E-state index in [1.807, 2.05) is 0 Å². The molecule has 0 spiro atoms. The number of esters is 1. The minimum absolute atomic E-state index is 0.0185. The second-order valence-corrected chi connectivity index (χ2v) is 5.95. The number of carbonyl (C=O) groups is 1. The van der Waals surface area contributed by atoms with E-state index in [9.17, 15) is 9.18 Å². The molecule has 2 aromatic heterocycles. The lowest BCUT2D eigenvalue weighted by atomic mass is 10.3. The second kappa shape index (κ2) is 7.98. The van der Waals surface area contributed by atoms with Crippen LogP contribution in [0.1, 0.15) is 16.3 Å². The zero-order chi connectivity index (χ0) is 17.6. The van der Waals surface area contributed by atoms with Crippen molar-refractivity contribution in [1.82, 2.24) is 9.78 Å². The van der Waals surface area contributed by atoms with Gasteiger partial charge in [-0.1, -0.05) is 12.1 Å². The van der Waals surface area contributed by atoms with Crippen LogP contribution in [0, 0.1) is 5.82 Å². The molecule has 0 N–H and O–H groups in total. The number of hydrogen-bond acceptors (Lipinski definition) is 5. The monoisotopic (exact) mass is 408 g/mol. The topological polar surface area (TPSA) is 66.5 Å². The summed E-state index contributed by atoms with van der Waals surface area (Å²) in [6.07, 6.45) is 3.45. The Hall–Kier alpha value is -2.61. The molecule has 6 nitrogen and oxygen atoms in total. The highest BCUT2D eigenvalue weighted by molar-refractivity contribution is 9.10. The van der Waals surface area contributed by atoms with Crippen LogP contribution < -0.4 is 4.74 Å². The summed E-state index contributed by atoms with van der Waals surface area (Å²) in [5, 5.41) is 4.11. The molecule has 3 rings (SSSR count). The molecule has 0 amide bonds. The lowest BCUT2D eigenvalue weighted by Gasteiger charge is -2.07. The van der Waals surface area contributed by atoms with Crippen molar-refractivity contribution in [3.8, 4) is 5.75 Å². The van der Waals surface area contributed by atoms with Crippen molar-refractivity contribution in [2.24, 2.45) is 0 Å². The lowest BCUT2D eigenvalue weighted by Crippen LogP contribution is -2.12. The molecule has 3 aromatic rings. The van der Waals surface area contributed by atoms with Crippen molar-refractivity contribution in [3.63, 3.8) is 0 Å². The van der Waals surface area contributed by atoms with Gasteiger partial charge in [-0.05, 0) is 40.2 Å². The van der Waals surface area contributed by atoms with Gasteiger partial charge in [0.15, 0.2) is 11.6 Å². The third-order valence-corrected chi connectivity index (χ3v) is 3.60. The number of ether oxygens (including phenoxy) is 2. The van der Waals surface area contributed by atoms with E-state index in [1.165, 1.54) is 18.2 Å². The van der Waals surface area contributed by atoms with Crippen LogP contribution in [-0.2, 0) is 11.3 Å². The highest BCUT2D eigenvalue weighted by atomic mass is 79.9. The minimum atomic E-state index is -0.606. The maximum atomic E-state index is 13.4. The van der Waals surface area contributed by atoms with Gasteiger partial charge in [-0.2, -0.15) is 5.10 Å². The average molecular weight is 409 g/mol. The van der Waals surface area contributed by atoms with Gasteiger partial charge < -0.3 is 13.9 Å². The number of halogens is 2. The highest BCUT2D eigenvalue weighted by Gasteiger charge is 2.13. The van der Waals surface area contributed by atoms with Gasteiger partial charge in [0.2, 0.25) is 5.76 Å². The lowest BCUT2D eigenvalue weighted by molar-refractivity contribution is 0.0411. The predicted molar refractivity (Wildman–Crippen MR) is 89.9 cm³/mol. The van der Waals surface area contributed by atoms with Crippen LogP contribution in [-0.4, -0.2) is 29.0 Å². The maximum absolute atomic E-state index is 13.4. The molecule has 0 aliphatic heterocycles. The third-order valence-electron chi connectivity index (χ3n) is 3.19. The molecule has 0 unspecified atom stereocenters. The van der Waals surface area contributed by atoms with Crippen molar-refractivity contribution in [3.05, 3.63) is 70.6 Å². The van der Waals surface area contributed by atoms with Crippen LogP contribution in [0.2, 0.25) is 0 Å². The molecule has 130 valence electrons. The molecule has 2 heterocycles. The molecule has 0 aliphatic carbocycles. The molecule has 0 atom stereocenters. The zero-order valence-electron chi connectivity index (χ0n) is 13.0. The number of rotatable bonds is 7. The number of hydrogen-bond donors (Lipinski definition) is 0. The van der Waals surface area contributed by atoms with Crippen molar-refractivity contribution in [1.29, 1.82) is 0 Å². The Morgan fingerprint density at radius 1 is 1.24 bits per heavy atom. The SMILES string of the molecule is O=C(OCCOc1ccccc1F)c1ccc(Cn2cc(Br)cn2)o1. The second-order valence-electron chi connectivity index (χ2n) is 5.04. The number of furan rings is 1. The van der Waals surface area contributed by atoms with Crippen LogP contribution in [0.25, 0.3) is 0 Å². The Bertz CT molecular complexity index is 862. The minimum Gasteiger partial charge on any atom is -0.487 e. The summed E-state index contributed by atoms with van der Waals surface area (Å²) in [5.74, 6) is -0.290. The summed E-state index contributed by atoms with van der Waals surface area (Å²) < 4.78 is 31.6. The normalized spacial score (nSPS) is 10.6. The van der Waals surface area contributed by atoms with E-state index in [-0.39, 0.29) is 24.7 Å². The fraction of sp³-hybridized carbons (Fsp3) is 0.176. The van der Waals surface area contributed by atoms with Gasteiger partial charge in [0.1, 0.15) is 19.0 Å². The molecule has 0 radical (unpaired) electrons. The van der Waals surface area contributed by atoms with Gasteiger partial charge in [-0.15, -0.1) is 0 Å². The summed E-state index contributed by atoms with van der Waals surface area (Å²) in [7, 11) is 0. The van der Waals surface area contributed by atoms with Crippen molar-refractivity contribution < 1.29 is 23.1 Å². The first-order valence-electron chi connectivity index (χ1n) is 7.43. The van der Waals surface area contributed by atoms with E-state index in [1.54, 1.807) is 35.3 Å². The van der Waals surface area contributed by atoms with E-state index in [0.29, 0.717) is 12.3 Å². The van der Waals surface area contributed by atoms with E-state index < -0.39 is 11.8 Å². The first-order valence-corrected chi connectivity index (χ1v) is 8.22. The van der Waals surface area contributed by atoms with Gasteiger partial charge >= 0.3 is 5.97 Å². The molecule has 0 saturated heterocycles. The molecular weight excluding hydrogens is 395 g/mol. The Balaban J connectivity index is 1.46. The molecule has 1 aromatic carbocycles. The van der Waals surface area contributed by atoms with E-state index in [4.69, 9.17) is 13.9 Å². The maximum Gasteiger partial charge on any atom is 0.374 e. The number of para-hydroxylation sites is 1. The Morgan fingerprint density at radius 2 is 2.08 bits per heavy atom. The molecular formula is C17H14BrFN2O4. The molecule has 0 aliphatic rings. The standard InChI is InChI=1S/C17H14BrFN2O4/c18-12-9-20-21(10-12)11-13-5-6-16(25-13)17(22)24-8-7-23-15-4-2-1-3-14(15)19/h1-6,9-10H,7-8,11H2. The van der Waals surface area contributed by atoms with Crippen LogP contribution in [0.3, 0.4) is 0 Å². The zero-order valence-corrected chi connectivity index (χ0v) is 14.6. The van der Waals surface area contributed by atoms with Crippen LogP contribution in [0.4, 0.5) is 4.39 Å². The third kappa shape index (κ3) is 4.69. The average Bonchev–Trinajstić information content (AvgIpc) is 3.22. The largest absolute Gasteiger partial charge is 0.487 e. The number of benzene rings is 1. The Kier molecular flexibility index (Phi) is 5.49. The first-order chi connectivity index (χ1) is 12.1. The van der Waals surface area contributed by atoms with Crippen LogP contribution in [0.15, 0.2) is 57.7 Å². The number of nitrogens with zero attached hydrogens (tertiary/aromatic N) is 2.